The monoisotopic (exact) mass is 332 g/mol. The fourth-order valence-corrected chi connectivity index (χ4v) is 2.82. The maximum Gasteiger partial charge on any atom is 0.234 e. The van der Waals surface area contributed by atoms with Gasteiger partial charge >= 0.3 is 0 Å². The Balaban J connectivity index is 0.00000200. The lowest BCUT2D eigenvalue weighted by Gasteiger charge is -2.27. The van der Waals surface area contributed by atoms with Crippen LogP contribution in [0.15, 0.2) is 30.3 Å². The first kappa shape index (κ1) is 20.2. The van der Waals surface area contributed by atoms with E-state index in [9.17, 15) is 4.79 Å². The number of hydrogen-bond donors (Lipinski definition) is 2. The van der Waals surface area contributed by atoms with E-state index in [2.05, 4.69) is 17.4 Å². The number of nitrogens with one attached hydrogen (secondary N) is 1. The Bertz CT molecular complexity index is 395. The summed E-state index contributed by atoms with van der Waals surface area (Å²) in [5.74, 6) is -0.221. The zero-order valence-corrected chi connectivity index (χ0v) is 13.9. The molecule has 0 bridgehead atoms. The van der Waals surface area contributed by atoms with Gasteiger partial charge in [0.15, 0.2) is 0 Å². The molecule has 3 N–H and O–H groups in total. The van der Waals surface area contributed by atoms with Crippen LogP contribution in [0.25, 0.3) is 0 Å². The number of carbonyl (C=O) groups is 1. The Morgan fingerprint density at radius 3 is 2.33 bits per heavy atom. The lowest BCUT2D eigenvalue weighted by atomic mass is 9.94. The third kappa shape index (κ3) is 7.16. The maximum atomic E-state index is 11.6. The highest BCUT2D eigenvalue weighted by Gasteiger charge is 2.21. The van der Waals surface area contributed by atoms with Gasteiger partial charge in [-0.1, -0.05) is 49.6 Å². The highest BCUT2D eigenvalue weighted by atomic mass is 35.5. The van der Waals surface area contributed by atoms with Crippen LogP contribution in [0.3, 0.4) is 0 Å². The molecule has 2 rings (SSSR count). The van der Waals surface area contributed by atoms with E-state index in [1.165, 1.54) is 37.7 Å². The second-order valence-electron chi connectivity index (χ2n) is 5.48. The molecule has 0 aromatic heterocycles. The Morgan fingerprint density at radius 2 is 1.76 bits per heavy atom. The smallest absolute Gasteiger partial charge is 0.234 e. The minimum Gasteiger partial charge on any atom is -0.368 e. The van der Waals surface area contributed by atoms with Crippen molar-refractivity contribution in [3.05, 3.63) is 35.9 Å². The Hall–Kier alpha value is -0.770. The fourth-order valence-electron chi connectivity index (χ4n) is 2.82. The van der Waals surface area contributed by atoms with E-state index >= 15 is 0 Å². The molecule has 0 radical (unpaired) electrons. The van der Waals surface area contributed by atoms with Gasteiger partial charge in [-0.15, -0.1) is 24.8 Å². The van der Waals surface area contributed by atoms with Crippen LogP contribution in [-0.4, -0.2) is 18.0 Å². The molecule has 5 heteroatoms. The average molecular weight is 333 g/mol. The number of primary amides is 1. The second kappa shape index (κ2) is 10.9. The lowest BCUT2D eigenvalue weighted by Crippen LogP contribution is -2.47. The van der Waals surface area contributed by atoms with Gasteiger partial charge in [0.25, 0.3) is 0 Å². The summed E-state index contributed by atoms with van der Waals surface area (Å²) in [6.45, 7) is 0. The first-order valence-corrected chi connectivity index (χ1v) is 7.35. The molecule has 1 unspecified atom stereocenters. The van der Waals surface area contributed by atoms with Gasteiger partial charge in [-0.25, -0.2) is 0 Å². The second-order valence-corrected chi connectivity index (χ2v) is 5.48. The number of aryl methyl sites for hydroxylation is 1. The molecule has 21 heavy (non-hydrogen) atoms. The summed E-state index contributed by atoms with van der Waals surface area (Å²) < 4.78 is 0. The maximum absolute atomic E-state index is 11.6. The molecule has 120 valence electrons. The molecule has 0 heterocycles. The number of rotatable bonds is 6. The molecule has 0 aliphatic heterocycles. The minimum absolute atomic E-state index is 0. The van der Waals surface area contributed by atoms with Crippen LogP contribution in [0.5, 0.6) is 0 Å². The SMILES string of the molecule is Cl.Cl.NC(=O)C(CCc1ccccc1)NC1CCCCC1. The summed E-state index contributed by atoms with van der Waals surface area (Å²) in [5.41, 5.74) is 6.78. The van der Waals surface area contributed by atoms with Crippen LogP contribution in [-0.2, 0) is 11.2 Å². The van der Waals surface area contributed by atoms with E-state index in [4.69, 9.17) is 5.73 Å². The van der Waals surface area contributed by atoms with Crippen molar-refractivity contribution in [2.24, 2.45) is 5.73 Å². The predicted molar refractivity (Wildman–Crippen MR) is 92.3 cm³/mol. The van der Waals surface area contributed by atoms with Gasteiger partial charge in [0.05, 0.1) is 6.04 Å². The molecule has 3 nitrogen and oxygen atoms in total. The van der Waals surface area contributed by atoms with Crippen molar-refractivity contribution in [3.8, 4) is 0 Å². The van der Waals surface area contributed by atoms with Gasteiger partial charge in [0, 0.05) is 6.04 Å². The number of nitrogens with two attached hydrogens (primary N) is 1. The quantitative estimate of drug-likeness (QED) is 0.840. The number of hydrogen-bond acceptors (Lipinski definition) is 2. The molecule has 1 amide bonds. The van der Waals surface area contributed by atoms with Crippen LogP contribution in [0, 0.1) is 0 Å². The molecule has 1 aliphatic rings. The summed E-state index contributed by atoms with van der Waals surface area (Å²) >= 11 is 0. The molecule has 1 aromatic rings. The van der Waals surface area contributed by atoms with Gasteiger partial charge in [0.2, 0.25) is 5.91 Å². The van der Waals surface area contributed by atoms with E-state index in [0.29, 0.717) is 6.04 Å². The molecule has 1 fully saturated rings. The molecule has 0 spiro atoms. The van der Waals surface area contributed by atoms with Crippen molar-refractivity contribution in [1.29, 1.82) is 0 Å². The first-order chi connectivity index (χ1) is 9.25. The molecule has 0 saturated heterocycles. The van der Waals surface area contributed by atoms with Gasteiger partial charge in [-0.2, -0.15) is 0 Å². The lowest BCUT2D eigenvalue weighted by molar-refractivity contribution is -0.120. The van der Waals surface area contributed by atoms with Crippen LogP contribution in [0.1, 0.15) is 44.1 Å². The van der Waals surface area contributed by atoms with Crippen LogP contribution >= 0.6 is 24.8 Å². The molecular weight excluding hydrogens is 307 g/mol. The number of amides is 1. The summed E-state index contributed by atoms with van der Waals surface area (Å²) in [4.78, 5) is 11.6. The summed E-state index contributed by atoms with van der Waals surface area (Å²) in [7, 11) is 0. The standard InChI is InChI=1S/C16H24N2O.2ClH/c17-16(19)15(18-14-9-5-2-6-10-14)12-11-13-7-3-1-4-8-13;;/h1,3-4,7-8,14-15,18H,2,5-6,9-12H2,(H2,17,19);2*1H. The summed E-state index contributed by atoms with van der Waals surface area (Å²) in [6.07, 6.45) is 7.89. The molecule has 1 atom stereocenters. The highest BCUT2D eigenvalue weighted by Crippen LogP contribution is 2.18. The average Bonchev–Trinajstić information content (AvgIpc) is 2.45. The van der Waals surface area contributed by atoms with Crippen LogP contribution < -0.4 is 11.1 Å². The van der Waals surface area contributed by atoms with E-state index in [1.807, 2.05) is 18.2 Å². The van der Waals surface area contributed by atoms with E-state index in [1.54, 1.807) is 0 Å². The van der Waals surface area contributed by atoms with Crippen LogP contribution in [0.4, 0.5) is 0 Å². The molecular formula is C16H26Cl2N2O. The van der Waals surface area contributed by atoms with Gasteiger partial charge in [-0.05, 0) is 31.2 Å². The molecule has 1 saturated carbocycles. The van der Waals surface area contributed by atoms with Crippen molar-refractivity contribution < 1.29 is 4.79 Å². The minimum atomic E-state index is -0.221. The van der Waals surface area contributed by atoms with Gasteiger partial charge in [0.1, 0.15) is 0 Å². The van der Waals surface area contributed by atoms with Crippen molar-refractivity contribution in [2.75, 3.05) is 0 Å². The van der Waals surface area contributed by atoms with Gasteiger partial charge < -0.3 is 11.1 Å². The number of carbonyl (C=O) groups excluding carboxylic acids is 1. The topological polar surface area (TPSA) is 55.1 Å². The third-order valence-electron chi connectivity index (χ3n) is 3.95. The van der Waals surface area contributed by atoms with Gasteiger partial charge in [-0.3, -0.25) is 4.79 Å². The van der Waals surface area contributed by atoms with Crippen molar-refractivity contribution in [2.45, 2.75) is 57.0 Å². The predicted octanol–water partition coefficient (Wildman–Crippen LogP) is 3.24. The normalized spacial score (nSPS) is 16.4. The molecule has 1 aliphatic carbocycles. The number of halogens is 2. The Kier molecular flexibility index (Phi) is 10.5. The summed E-state index contributed by atoms with van der Waals surface area (Å²) in [6, 6.07) is 10.5. The first-order valence-electron chi connectivity index (χ1n) is 7.35. The third-order valence-corrected chi connectivity index (χ3v) is 3.95. The van der Waals surface area contributed by atoms with Crippen molar-refractivity contribution in [1.82, 2.24) is 5.32 Å². The van der Waals surface area contributed by atoms with Crippen molar-refractivity contribution in [3.63, 3.8) is 0 Å². The molecule has 1 aromatic carbocycles. The zero-order valence-electron chi connectivity index (χ0n) is 12.3. The van der Waals surface area contributed by atoms with E-state index in [0.717, 1.165) is 12.8 Å². The Labute approximate surface area is 139 Å². The fraction of sp³-hybridized carbons (Fsp3) is 0.562. The van der Waals surface area contributed by atoms with Crippen molar-refractivity contribution >= 4 is 30.7 Å². The van der Waals surface area contributed by atoms with Crippen LogP contribution in [0.2, 0.25) is 0 Å². The number of benzene rings is 1. The Morgan fingerprint density at radius 1 is 1.14 bits per heavy atom. The summed E-state index contributed by atoms with van der Waals surface area (Å²) in [5, 5.41) is 3.45. The van der Waals surface area contributed by atoms with E-state index < -0.39 is 0 Å². The van der Waals surface area contributed by atoms with E-state index in [-0.39, 0.29) is 36.8 Å². The highest BCUT2D eigenvalue weighted by molar-refractivity contribution is 5.85. The largest absolute Gasteiger partial charge is 0.368 e. The zero-order chi connectivity index (χ0) is 13.5.